The van der Waals surface area contributed by atoms with Crippen LogP contribution in [0.5, 0.6) is 5.75 Å². The molecule has 0 aromatic heterocycles. The predicted molar refractivity (Wildman–Crippen MR) is 63.4 cm³/mol. The molecule has 1 saturated carbocycles. The van der Waals surface area contributed by atoms with E-state index in [4.69, 9.17) is 11.6 Å². The first-order valence-corrected chi connectivity index (χ1v) is 6.11. The largest absolute Gasteiger partial charge is 0.508 e. The molecule has 1 fully saturated rings. The van der Waals surface area contributed by atoms with Gasteiger partial charge in [-0.2, -0.15) is 0 Å². The molecule has 0 aliphatic heterocycles. The van der Waals surface area contributed by atoms with Crippen LogP contribution in [0, 0.1) is 5.92 Å². The molecular formula is C13H17ClO. The Morgan fingerprint density at radius 3 is 2.67 bits per heavy atom. The summed E-state index contributed by atoms with van der Waals surface area (Å²) in [5.74, 6) is 1.09. The quantitative estimate of drug-likeness (QED) is 0.800. The lowest BCUT2D eigenvalue weighted by Crippen LogP contribution is -2.09. The van der Waals surface area contributed by atoms with E-state index in [0.717, 1.165) is 22.9 Å². The number of hydrogen-bond acceptors (Lipinski definition) is 1. The molecule has 0 radical (unpaired) electrons. The summed E-state index contributed by atoms with van der Waals surface area (Å²) in [6.07, 6.45) is 7.72. The monoisotopic (exact) mass is 224 g/mol. The minimum absolute atomic E-state index is 0.324. The van der Waals surface area contributed by atoms with Gasteiger partial charge in [0.25, 0.3) is 0 Å². The molecule has 0 heterocycles. The Morgan fingerprint density at radius 1 is 1.20 bits per heavy atom. The van der Waals surface area contributed by atoms with Gasteiger partial charge in [-0.25, -0.2) is 0 Å². The molecule has 82 valence electrons. The number of aromatic hydroxyl groups is 1. The van der Waals surface area contributed by atoms with Crippen LogP contribution in [-0.2, 0) is 6.42 Å². The van der Waals surface area contributed by atoms with E-state index < -0.39 is 0 Å². The van der Waals surface area contributed by atoms with E-state index in [9.17, 15) is 5.11 Å². The topological polar surface area (TPSA) is 20.2 Å². The number of benzene rings is 1. The molecule has 0 bridgehead atoms. The summed E-state index contributed by atoms with van der Waals surface area (Å²) in [5.41, 5.74) is 1.10. The van der Waals surface area contributed by atoms with Gasteiger partial charge in [-0.05, 0) is 36.1 Å². The van der Waals surface area contributed by atoms with Gasteiger partial charge in [-0.3, -0.25) is 0 Å². The Hall–Kier alpha value is -0.690. The van der Waals surface area contributed by atoms with Gasteiger partial charge < -0.3 is 5.11 Å². The summed E-state index contributed by atoms with van der Waals surface area (Å²) in [6, 6.07) is 5.23. The Kier molecular flexibility index (Phi) is 3.53. The highest BCUT2D eigenvalue weighted by atomic mass is 35.5. The molecule has 1 N–H and O–H groups in total. The number of phenols is 1. The van der Waals surface area contributed by atoms with Crippen LogP contribution in [0.15, 0.2) is 18.2 Å². The smallest absolute Gasteiger partial charge is 0.115 e. The van der Waals surface area contributed by atoms with Gasteiger partial charge in [-0.1, -0.05) is 43.7 Å². The maximum absolute atomic E-state index is 9.41. The van der Waals surface area contributed by atoms with Gasteiger partial charge in [-0.15, -0.1) is 0 Å². The van der Waals surface area contributed by atoms with Gasteiger partial charge in [0.1, 0.15) is 5.75 Å². The normalized spacial score (nSPS) is 17.9. The summed E-state index contributed by atoms with van der Waals surface area (Å²) in [7, 11) is 0. The van der Waals surface area contributed by atoms with E-state index in [2.05, 4.69) is 0 Å². The molecule has 0 spiro atoms. The Labute approximate surface area is 96.1 Å². The minimum Gasteiger partial charge on any atom is -0.508 e. The first kappa shape index (κ1) is 10.8. The van der Waals surface area contributed by atoms with Gasteiger partial charge in [0.2, 0.25) is 0 Å². The van der Waals surface area contributed by atoms with Crippen molar-refractivity contribution in [3.8, 4) is 5.75 Å². The molecule has 0 unspecified atom stereocenters. The van der Waals surface area contributed by atoms with Crippen molar-refractivity contribution in [3.63, 3.8) is 0 Å². The van der Waals surface area contributed by atoms with E-state index in [-0.39, 0.29) is 0 Å². The van der Waals surface area contributed by atoms with Gasteiger partial charge in [0, 0.05) is 5.02 Å². The third kappa shape index (κ3) is 2.88. The number of halogens is 1. The Bertz CT molecular complexity index is 329. The second-order valence-corrected chi connectivity index (χ2v) is 4.89. The fraction of sp³-hybridized carbons (Fsp3) is 0.538. The lowest BCUT2D eigenvalue weighted by molar-refractivity contribution is 0.356. The summed E-state index contributed by atoms with van der Waals surface area (Å²) in [5, 5.41) is 10.2. The second kappa shape index (κ2) is 4.89. The van der Waals surface area contributed by atoms with Crippen LogP contribution in [0.1, 0.15) is 37.7 Å². The van der Waals surface area contributed by atoms with Crippen LogP contribution in [0.25, 0.3) is 0 Å². The predicted octanol–water partition coefficient (Wildman–Crippen LogP) is 4.17. The molecule has 1 aromatic rings. The van der Waals surface area contributed by atoms with Crippen LogP contribution < -0.4 is 0 Å². The van der Waals surface area contributed by atoms with Crippen molar-refractivity contribution in [2.24, 2.45) is 5.92 Å². The molecule has 1 nitrogen and oxygen atoms in total. The maximum atomic E-state index is 9.41. The maximum Gasteiger partial charge on any atom is 0.115 e. The zero-order valence-electron chi connectivity index (χ0n) is 8.88. The van der Waals surface area contributed by atoms with Crippen molar-refractivity contribution in [3.05, 3.63) is 28.8 Å². The zero-order chi connectivity index (χ0) is 10.7. The highest BCUT2D eigenvalue weighted by Gasteiger charge is 2.15. The summed E-state index contributed by atoms with van der Waals surface area (Å²) in [4.78, 5) is 0. The van der Waals surface area contributed by atoms with Crippen LogP contribution in [-0.4, -0.2) is 5.11 Å². The van der Waals surface area contributed by atoms with Gasteiger partial charge in [0.05, 0.1) is 0 Å². The van der Waals surface area contributed by atoms with E-state index in [1.807, 2.05) is 0 Å². The average Bonchev–Trinajstić information content (AvgIpc) is 2.25. The van der Waals surface area contributed by atoms with Crippen molar-refractivity contribution in [2.45, 2.75) is 38.5 Å². The first-order valence-electron chi connectivity index (χ1n) is 5.73. The highest BCUT2D eigenvalue weighted by Crippen LogP contribution is 2.30. The average molecular weight is 225 g/mol. The van der Waals surface area contributed by atoms with Crippen molar-refractivity contribution in [2.75, 3.05) is 0 Å². The standard InChI is InChI=1S/C13H17ClO/c14-13-7-6-12(15)9-11(13)8-10-4-2-1-3-5-10/h6-7,9-10,15H,1-5,8H2. The van der Waals surface area contributed by atoms with E-state index in [0.29, 0.717) is 5.75 Å². The van der Waals surface area contributed by atoms with Crippen molar-refractivity contribution in [1.29, 1.82) is 0 Å². The molecule has 1 aliphatic carbocycles. The first-order chi connectivity index (χ1) is 7.25. The summed E-state index contributed by atoms with van der Waals surface area (Å²) >= 11 is 6.10. The molecule has 2 rings (SSSR count). The van der Waals surface area contributed by atoms with Gasteiger partial charge in [0.15, 0.2) is 0 Å². The van der Waals surface area contributed by atoms with Crippen LogP contribution >= 0.6 is 11.6 Å². The molecule has 0 atom stereocenters. The SMILES string of the molecule is Oc1ccc(Cl)c(CC2CCCCC2)c1. The fourth-order valence-corrected chi connectivity index (χ4v) is 2.61. The number of hydrogen-bond donors (Lipinski definition) is 1. The Balaban J connectivity index is 2.05. The molecule has 2 heteroatoms. The molecule has 15 heavy (non-hydrogen) atoms. The molecule has 1 aliphatic rings. The van der Waals surface area contributed by atoms with Crippen LogP contribution in [0.2, 0.25) is 5.02 Å². The van der Waals surface area contributed by atoms with Crippen molar-refractivity contribution < 1.29 is 5.11 Å². The van der Waals surface area contributed by atoms with Crippen molar-refractivity contribution in [1.82, 2.24) is 0 Å². The van der Waals surface area contributed by atoms with E-state index in [1.54, 1.807) is 18.2 Å². The second-order valence-electron chi connectivity index (χ2n) is 4.48. The minimum atomic E-state index is 0.324. The molecule has 1 aromatic carbocycles. The lowest BCUT2D eigenvalue weighted by Gasteiger charge is -2.21. The number of phenolic OH excluding ortho intramolecular Hbond substituents is 1. The fourth-order valence-electron chi connectivity index (χ4n) is 2.42. The third-order valence-corrected chi connectivity index (χ3v) is 3.63. The third-order valence-electron chi connectivity index (χ3n) is 3.26. The molecular weight excluding hydrogens is 208 g/mol. The molecule has 0 amide bonds. The van der Waals surface area contributed by atoms with E-state index in [1.165, 1.54) is 32.1 Å². The zero-order valence-corrected chi connectivity index (χ0v) is 9.63. The summed E-state index contributed by atoms with van der Waals surface area (Å²) in [6.45, 7) is 0. The number of rotatable bonds is 2. The van der Waals surface area contributed by atoms with Crippen molar-refractivity contribution >= 4 is 11.6 Å². The highest BCUT2D eigenvalue weighted by molar-refractivity contribution is 6.31. The van der Waals surface area contributed by atoms with E-state index >= 15 is 0 Å². The summed E-state index contributed by atoms with van der Waals surface area (Å²) < 4.78 is 0. The van der Waals surface area contributed by atoms with Crippen LogP contribution in [0.3, 0.4) is 0 Å². The Morgan fingerprint density at radius 2 is 1.93 bits per heavy atom. The van der Waals surface area contributed by atoms with Crippen LogP contribution in [0.4, 0.5) is 0 Å². The lowest BCUT2D eigenvalue weighted by atomic mass is 9.85. The van der Waals surface area contributed by atoms with Gasteiger partial charge >= 0.3 is 0 Å². The molecule has 0 saturated heterocycles.